The van der Waals surface area contributed by atoms with Gasteiger partial charge in [0.2, 0.25) is 5.91 Å². The number of likely N-dealkylation sites (tertiary alicyclic amines) is 2. The first kappa shape index (κ1) is 32.3. The van der Waals surface area contributed by atoms with Gasteiger partial charge >= 0.3 is 6.18 Å². The fraction of sp³-hybridized carbons (Fsp3) is 0.600. The molecule has 0 spiro atoms. The summed E-state index contributed by atoms with van der Waals surface area (Å²) >= 11 is 0. The molecule has 1 amide bonds. The highest BCUT2D eigenvalue weighted by molar-refractivity contribution is 5.76. The summed E-state index contributed by atoms with van der Waals surface area (Å²) in [6.45, 7) is 7.90. The topological polar surface area (TPSA) is 93.0 Å². The SMILES string of the molecule is C=O.CCCC1C=CC(C2CCN(CCC(=O)N3CCC(Oc4ccc([N+](=O)[O-])c(C(F)(F)F)c4)CC3)CC2)=CC1. The van der Waals surface area contributed by atoms with Crippen molar-refractivity contribution in [2.45, 2.75) is 70.6 Å². The number of alkyl halides is 3. The van der Waals surface area contributed by atoms with Crippen molar-refractivity contribution in [1.82, 2.24) is 9.80 Å². The van der Waals surface area contributed by atoms with Gasteiger partial charge in [0, 0.05) is 45.0 Å². The maximum atomic E-state index is 13.2. The number of rotatable bonds is 9. The van der Waals surface area contributed by atoms with E-state index in [0.717, 1.165) is 45.0 Å². The number of nitro benzene ring substituents is 1. The van der Waals surface area contributed by atoms with Crippen LogP contribution in [-0.4, -0.2) is 66.2 Å². The van der Waals surface area contributed by atoms with E-state index in [1.807, 2.05) is 6.79 Å². The number of piperidine rings is 2. The minimum atomic E-state index is -4.85. The summed E-state index contributed by atoms with van der Waals surface area (Å²) in [5, 5.41) is 11.0. The summed E-state index contributed by atoms with van der Waals surface area (Å²) in [5.41, 5.74) is -0.844. The number of hydrogen-bond donors (Lipinski definition) is 0. The van der Waals surface area contributed by atoms with Crippen molar-refractivity contribution in [3.8, 4) is 5.75 Å². The van der Waals surface area contributed by atoms with Gasteiger partial charge in [-0.05, 0) is 68.3 Å². The molecule has 1 unspecified atom stereocenters. The Balaban J connectivity index is 0.00000226. The van der Waals surface area contributed by atoms with Crippen LogP contribution < -0.4 is 4.74 Å². The molecule has 0 radical (unpaired) electrons. The Hall–Kier alpha value is -3.21. The van der Waals surface area contributed by atoms with E-state index in [4.69, 9.17) is 9.53 Å². The molecular formula is C30H40F3N3O5. The second kappa shape index (κ2) is 15.1. The fourth-order valence-corrected chi connectivity index (χ4v) is 5.86. The van der Waals surface area contributed by atoms with E-state index in [9.17, 15) is 28.1 Å². The van der Waals surface area contributed by atoms with Crippen molar-refractivity contribution < 1.29 is 32.4 Å². The molecular weight excluding hydrogens is 539 g/mol. The molecule has 2 heterocycles. The van der Waals surface area contributed by atoms with Gasteiger partial charge in [0.15, 0.2) is 0 Å². The summed E-state index contributed by atoms with van der Waals surface area (Å²) in [4.78, 5) is 34.9. The number of allylic oxidation sites excluding steroid dienone is 4. The Morgan fingerprint density at radius 1 is 1.12 bits per heavy atom. The zero-order valence-electron chi connectivity index (χ0n) is 23.6. The van der Waals surface area contributed by atoms with E-state index in [0.29, 0.717) is 50.3 Å². The van der Waals surface area contributed by atoms with Crippen LogP contribution in [0.15, 0.2) is 42.0 Å². The Labute approximate surface area is 239 Å². The lowest BCUT2D eigenvalue weighted by Crippen LogP contribution is -2.43. The molecule has 1 atom stereocenters. The average molecular weight is 580 g/mol. The summed E-state index contributed by atoms with van der Waals surface area (Å²) < 4.78 is 45.4. The summed E-state index contributed by atoms with van der Waals surface area (Å²) in [6, 6.07) is 2.70. The minimum Gasteiger partial charge on any atom is -0.490 e. The Morgan fingerprint density at radius 3 is 2.37 bits per heavy atom. The van der Waals surface area contributed by atoms with Crippen molar-refractivity contribution in [2.24, 2.45) is 11.8 Å². The maximum absolute atomic E-state index is 13.2. The van der Waals surface area contributed by atoms with Gasteiger partial charge in [-0.25, -0.2) is 0 Å². The van der Waals surface area contributed by atoms with Crippen LogP contribution >= 0.6 is 0 Å². The van der Waals surface area contributed by atoms with E-state index in [1.54, 1.807) is 4.90 Å². The van der Waals surface area contributed by atoms with Crippen LogP contribution in [0, 0.1) is 22.0 Å². The van der Waals surface area contributed by atoms with Crippen LogP contribution in [0.25, 0.3) is 0 Å². The third-order valence-corrected chi connectivity index (χ3v) is 8.15. The Morgan fingerprint density at radius 2 is 1.80 bits per heavy atom. The number of ether oxygens (including phenoxy) is 1. The van der Waals surface area contributed by atoms with Crippen LogP contribution in [0.4, 0.5) is 18.9 Å². The first-order valence-electron chi connectivity index (χ1n) is 14.3. The number of carbonyl (C=O) groups excluding carboxylic acids is 2. The summed E-state index contributed by atoms with van der Waals surface area (Å²) in [7, 11) is 0. The van der Waals surface area contributed by atoms with E-state index in [2.05, 4.69) is 30.1 Å². The third kappa shape index (κ3) is 9.14. The van der Waals surface area contributed by atoms with Gasteiger partial charge in [0.25, 0.3) is 5.69 Å². The van der Waals surface area contributed by atoms with E-state index < -0.39 is 22.4 Å². The Bertz CT molecular complexity index is 1090. The molecule has 2 saturated heterocycles. The van der Waals surface area contributed by atoms with E-state index in [-0.39, 0.29) is 17.8 Å². The fourth-order valence-electron chi connectivity index (χ4n) is 5.86. The second-order valence-electron chi connectivity index (χ2n) is 10.8. The van der Waals surface area contributed by atoms with Gasteiger partial charge in [-0.3, -0.25) is 14.9 Å². The molecule has 11 heteroatoms. The molecule has 226 valence electrons. The largest absolute Gasteiger partial charge is 0.490 e. The number of hydrogen-bond acceptors (Lipinski definition) is 6. The van der Waals surface area contributed by atoms with Crippen LogP contribution in [-0.2, 0) is 15.8 Å². The molecule has 4 rings (SSSR count). The zero-order valence-corrected chi connectivity index (χ0v) is 23.6. The highest BCUT2D eigenvalue weighted by Gasteiger charge is 2.39. The zero-order chi connectivity index (χ0) is 30.0. The highest BCUT2D eigenvalue weighted by atomic mass is 19.4. The van der Waals surface area contributed by atoms with Crippen LogP contribution in [0.5, 0.6) is 5.75 Å². The van der Waals surface area contributed by atoms with Crippen molar-refractivity contribution in [3.05, 3.63) is 57.7 Å². The van der Waals surface area contributed by atoms with Crippen molar-refractivity contribution in [1.29, 1.82) is 0 Å². The monoisotopic (exact) mass is 579 g/mol. The molecule has 1 aliphatic carbocycles. The lowest BCUT2D eigenvalue weighted by atomic mass is 9.83. The van der Waals surface area contributed by atoms with Gasteiger partial charge in [0.1, 0.15) is 24.2 Å². The van der Waals surface area contributed by atoms with Gasteiger partial charge in [0.05, 0.1) is 4.92 Å². The number of nitro groups is 1. The second-order valence-corrected chi connectivity index (χ2v) is 10.8. The average Bonchev–Trinajstić information content (AvgIpc) is 2.97. The number of nitrogens with zero attached hydrogens (tertiary/aromatic N) is 3. The van der Waals surface area contributed by atoms with Crippen molar-refractivity contribution in [3.63, 3.8) is 0 Å². The molecule has 0 bridgehead atoms. The number of carbonyl (C=O) groups is 2. The van der Waals surface area contributed by atoms with Crippen LogP contribution in [0.2, 0.25) is 0 Å². The van der Waals surface area contributed by atoms with Crippen molar-refractivity contribution >= 4 is 18.4 Å². The molecule has 8 nitrogen and oxygen atoms in total. The quantitative estimate of drug-likeness (QED) is 0.255. The molecule has 2 fully saturated rings. The predicted octanol–water partition coefficient (Wildman–Crippen LogP) is 6.20. The van der Waals surface area contributed by atoms with Crippen LogP contribution in [0.3, 0.4) is 0 Å². The normalized spacial score (nSPS) is 20.6. The minimum absolute atomic E-state index is 0.0543. The molecule has 2 aliphatic heterocycles. The molecule has 0 N–H and O–H groups in total. The summed E-state index contributed by atoms with van der Waals surface area (Å²) in [6.07, 6.45) is 9.23. The first-order chi connectivity index (χ1) is 19.6. The predicted molar refractivity (Wildman–Crippen MR) is 149 cm³/mol. The first-order valence-corrected chi connectivity index (χ1v) is 14.3. The van der Waals surface area contributed by atoms with Gasteiger partial charge in [-0.1, -0.05) is 31.6 Å². The number of halogens is 3. The maximum Gasteiger partial charge on any atom is 0.423 e. The molecule has 3 aliphatic rings. The molecule has 0 saturated carbocycles. The van der Waals surface area contributed by atoms with Gasteiger partial charge < -0.3 is 19.3 Å². The van der Waals surface area contributed by atoms with Gasteiger partial charge in [-0.2, -0.15) is 13.2 Å². The van der Waals surface area contributed by atoms with Gasteiger partial charge in [-0.15, -0.1) is 0 Å². The molecule has 41 heavy (non-hydrogen) atoms. The van der Waals surface area contributed by atoms with Crippen molar-refractivity contribution in [2.75, 3.05) is 32.7 Å². The van der Waals surface area contributed by atoms with Crippen LogP contribution in [0.1, 0.15) is 63.9 Å². The molecule has 1 aromatic rings. The third-order valence-electron chi connectivity index (χ3n) is 8.15. The standard InChI is InChI=1S/C29H38F3N3O4.CH2O/c1-2-3-21-4-6-22(7-5-21)23-10-15-33(16-11-23)17-14-28(36)34-18-12-24(13-19-34)39-25-8-9-27(35(37)38)26(20-25)29(30,31)32;1-2/h4,6-9,20-21,23-24H,2-3,5,10-19H2,1H3;1H2. The number of benzene rings is 1. The molecule has 0 aromatic heterocycles. The summed E-state index contributed by atoms with van der Waals surface area (Å²) in [5.74, 6) is 1.33. The molecule has 1 aromatic carbocycles. The lowest BCUT2D eigenvalue weighted by Gasteiger charge is -2.35. The smallest absolute Gasteiger partial charge is 0.423 e. The highest BCUT2D eigenvalue weighted by Crippen LogP contribution is 2.38. The lowest BCUT2D eigenvalue weighted by molar-refractivity contribution is -0.388. The Kier molecular flexibility index (Phi) is 11.9. The van der Waals surface area contributed by atoms with E-state index >= 15 is 0 Å². The number of amides is 1. The van der Waals surface area contributed by atoms with E-state index in [1.165, 1.54) is 24.5 Å².